The maximum atomic E-state index is 5.78. The van der Waals surface area contributed by atoms with Crippen molar-refractivity contribution in [3.63, 3.8) is 0 Å². The van der Waals surface area contributed by atoms with Gasteiger partial charge in [-0.1, -0.05) is 18.2 Å². The monoisotopic (exact) mass is 235 g/mol. The van der Waals surface area contributed by atoms with E-state index in [9.17, 15) is 0 Å². The standard InChI is InChI=1S/C14H21NO2/c1-16-14-7-3-2-6-13(14)11-17-10-12-5-4-8-15-9-12/h2-3,6-7,12,15H,4-5,8-11H2,1H3/t12-/m0/s1. The highest BCUT2D eigenvalue weighted by Gasteiger charge is 2.13. The van der Waals surface area contributed by atoms with Crippen LogP contribution in [0.15, 0.2) is 24.3 Å². The van der Waals surface area contributed by atoms with Crippen molar-refractivity contribution in [2.45, 2.75) is 19.4 Å². The number of methoxy groups -OCH3 is 1. The Balaban J connectivity index is 1.77. The molecule has 94 valence electrons. The Morgan fingerprint density at radius 3 is 3.00 bits per heavy atom. The highest BCUT2D eigenvalue weighted by atomic mass is 16.5. The number of ether oxygens (including phenoxy) is 2. The molecule has 0 unspecified atom stereocenters. The zero-order valence-electron chi connectivity index (χ0n) is 10.4. The lowest BCUT2D eigenvalue weighted by Crippen LogP contribution is -2.32. The topological polar surface area (TPSA) is 30.5 Å². The van der Waals surface area contributed by atoms with Gasteiger partial charge in [0.25, 0.3) is 0 Å². The fraction of sp³-hybridized carbons (Fsp3) is 0.571. The molecule has 1 heterocycles. The van der Waals surface area contributed by atoms with Gasteiger partial charge in [0.05, 0.1) is 20.3 Å². The lowest BCUT2D eigenvalue weighted by Gasteiger charge is -2.22. The smallest absolute Gasteiger partial charge is 0.124 e. The Bertz CT molecular complexity index is 335. The van der Waals surface area contributed by atoms with Crippen molar-refractivity contribution in [2.24, 2.45) is 5.92 Å². The molecular weight excluding hydrogens is 214 g/mol. The highest BCUT2D eigenvalue weighted by molar-refractivity contribution is 5.32. The molecule has 0 aliphatic carbocycles. The fourth-order valence-electron chi connectivity index (χ4n) is 2.22. The summed E-state index contributed by atoms with van der Waals surface area (Å²) < 4.78 is 11.1. The fourth-order valence-corrected chi connectivity index (χ4v) is 2.22. The van der Waals surface area contributed by atoms with Crippen molar-refractivity contribution < 1.29 is 9.47 Å². The van der Waals surface area contributed by atoms with Crippen molar-refractivity contribution in [3.05, 3.63) is 29.8 Å². The van der Waals surface area contributed by atoms with Crippen molar-refractivity contribution >= 4 is 0 Å². The van der Waals surface area contributed by atoms with Crippen molar-refractivity contribution in [1.82, 2.24) is 5.32 Å². The quantitative estimate of drug-likeness (QED) is 0.848. The SMILES string of the molecule is COc1ccccc1COC[C@H]1CCCNC1. The van der Waals surface area contributed by atoms with Crippen molar-refractivity contribution in [2.75, 3.05) is 26.8 Å². The predicted octanol–water partition coefficient (Wildman–Crippen LogP) is 2.21. The molecule has 0 bridgehead atoms. The molecule has 1 aliphatic heterocycles. The van der Waals surface area contributed by atoms with Crippen molar-refractivity contribution in [1.29, 1.82) is 0 Å². The maximum absolute atomic E-state index is 5.78. The summed E-state index contributed by atoms with van der Waals surface area (Å²) in [5, 5.41) is 3.40. The Morgan fingerprint density at radius 1 is 1.35 bits per heavy atom. The second kappa shape index (κ2) is 6.62. The van der Waals surface area contributed by atoms with E-state index in [4.69, 9.17) is 9.47 Å². The summed E-state index contributed by atoms with van der Waals surface area (Å²) in [6.45, 7) is 3.72. The molecule has 3 nitrogen and oxygen atoms in total. The van der Waals surface area contributed by atoms with Gasteiger partial charge >= 0.3 is 0 Å². The zero-order chi connectivity index (χ0) is 11.9. The van der Waals surface area contributed by atoms with Gasteiger partial charge in [-0.05, 0) is 31.4 Å². The molecule has 0 spiro atoms. The Labute approximate surface area is 103 Å². The maximum Gasteiger partial charge on any atom is 0.124 e. The number of piperidine rings is 1. The van der Waals surface area contributed by atoms with Gasteiger partial charge < -0.3 is 14.8 Å². The van der Waals surface area contributed by atoms with Crippen LogP contribution in [0.25, 0.3) is 0 Å². The minimum absolute atomic E-state index is 0.639. The molecule has 1 aromatic rings. The first-order valence-electron chi connectivity index (χ1n) is 6.30. The van der Waals surface area contributed by atoms with E-state index in [0.29, 0.717) is 12.5 Å². The highest BCUT2D eigenvalue weighted by Crippen LogP contribution is 2.19. The minimum Gasteiger partial charge on any atom is -0.496 e. The van der Waals surface area contributed by atoms with Gasteiger partial charge in [-0.15, -0.1) is 0 Å². The third-order valence-corrected chi connectivity index (χ3v) is 3.20. The van der Waals surface area contributed by atoms with Gasteiger partial charge in [-0.2, -0.15) is 0 Å². The van der Waals surface area contributed by atoms with E-state index >= 15 is 0 Å². The second-order valence-corrected chi connectivity index (χ2v) is 4.54. The van der Waals surface area contributed by atoms with Crippen LogP contribution >= 0.6 is 0 Å². The van der Waals surface area contributed by atoms with Crippen LogP contribution in [0.2, 0.25) is 0 Å². The van der Waals surface area contributed by atoms with E-state index in [1.165, 1.54) is 12.8 Å². The van der Waals surface area contributed by atoms with Crippen LogP contribution in [0.1, 0.15) is 18.4 Å². The molecule has 1 aliphatic rings. The van der Waals surface area contributed by atoms with Crippen LogP contribution in [0.3, 0.4) is 0 Å². The van der Waals surface area contributed by atoms with E-state index in [1.54, 1.807) is 7.11 Å². The van der Waals surface area contributed by atoms with Crippen LogP contribution in [0.5, 0.6) is 5.75 Å². The average Bonchev–Trinajstić information content (AvgIpc) is 2.40. The van der Waals surface area contributed by atoms with E-state index in [2.05, 4.69) is 11.4 Å². The lowest BCUT2D eigenvalue weighted by atomic mass is 10.0. The molecule has 2 rings (SSSR count). The van der Waals surface area contributed by atoms with Crippen LogP contribution in [-0.4, -0.2) is 26.8 Å². The normalized spacial score (nSPS) is 20.2. The van der Waals surface area contributed by atoms with Gasteiger partial charge in [-0.25, -0.2) is 0 Å². The number of benzene rings is 1. The molecule has 1 atom stereocenters. The molecule has 1 fully saturated rings. The summed E-state index contributed by atoms with van der Waals surface area (Å²) in [4.78, 5) is 0. The van der Waals surface area contributed by atoms with Crippen LogP contribution in [0, 0.1) is 5.92 Å². The first kappa shape index (κ1) is 12.4. The lowest BCUT2D eigenvalue weighted by molar-refractivity contribution is 0.0770. The number of rotatable bonds is 5. The largest absolute Gasteiger partial charge is 0.496 e. The third-order valence-electron chi connectivity index (χ3n) is 3.20. The summed E-state index contributed by atoms with van der Waals surface area (Å²) >= 11 is 0. The molecular formula is C14H21NO2. The Hall–Kier alpha value is -1.06. The van der Waals surface area contributed by atoms with Crippen LogP contribution in [0.4, 0.5) is 0 Å². The van der Waals surface area contributed by atoms with Crippen LogP contribution < -0.4 is 10.1 Å². The van der Waals surface area contributed by atoms with Gasteiger partial charge in [0.1, 0.15) is 5.75 Å². The molecule has 1 aromatic carbocycles. The molecule has 3 heteroatoms. The van der Waals surface area contributed by atoms with E-state index in [-0.39, 0.29) is 0 Å². The minimum atomic E-state index is 0.639. The molecule has 1 N–H and O–H groups in total. The van der Waals surface area contributed by atoms with E-state index in [0.717, 1.165) is 31.0 Å². The van der Waals surface area contributed by atoms with E-state index < -0.39 is 0 Å². The van der Waals surface area contributed by atoms with Gasteiger partial charge in [-0.3, -0.25) is 0 Å². The number of hydrogen-bond donors (Lipinski definition) is 1. The molecule has 0 amide bonds. The summed E-state index contributed by atoms with van der Waals surface area (Å²) in [6, 6.07) is 8.02. The molecule has 17 heavy (non-hydrogen) atoms. The summed E-state index contributed by atoms with van der Waals surface area (Å²) in [7, 11) is 1.70. The van der Waals surface area contributed by atoms with E-state index in [1.807, 2.05) is 18.2 Å². The molecule has 1 saturated heterocycles. The van der Waals surface area contributed by atoms with Crippen molar-refractivity contribution in [3.8, 4) is 5.75 Å². The third kappa shape index (κ3) is 3.72. The number of nitrogens with one attached hydrogen (secondary N) is 1. The zero-order valence-corrected chi connectivity index (χ0v) is 10.4. The number of hydrogen-bond acceptors (Lipinski definition) is 3. The summed E-state index contributed by atoms with van der Waals surface area (Å²) in [5.41, 5.74) is 1.12. The summed E-state index contributed by atoms with van der Waals surface area (Å²) in [6.07, 6.45) is 2.54. The average molecular weight is 235 g/mol. The first-order chi connectivity index (χ1) is 8.40. The molecule has 0 radical (unpaired) electrons. The number of para-hydroxylation sites is 1. The Kier molecular flexibility index (Phi) is 4.83. The van der Waals surface area contributed by atoms with Gasteiger partial charge in [0.15, 0.2) is 0 Å². The first-order valence-corrected chi connectivity index (χ1v) is 6.30. The van der Waals surface area contributed by atoms with Gasteiger partial charge in [0.2, 0.25) is 0 Å². The van der Waals surface area contributed by atoms with Gasteiger partial charge in [0, 0.05) is 12.1 Å². The second-order valence-electron chi connectivity index (χ2n) is 4.54. The molecule has 0 aromatic heterocycles. The Morgan fingerprint density at radius 2 is 2.24 bits per heavy atom. The predicted molar refractivity (Wildman–Crippen MR) is 68.2 cm³/mol. The summed E-state index contributed by atoms with van der Waals surface area (Å²) in [5.74, 6) is 1.58. The molecule has 0 saturated carbocycles. The van der Waals surface area contributed by atoms with Crippen LogP contribution in [-0.2, 0) is 11.3 Å².